The van der Waals surface area contributed by atoms with Crippen molar-refractivity contribution in [3.05, 3.63) is 0 Å². The Labute approximate surface area is 152 Å². The van der Waals surface area contributed by atoms with Gasteiger partial charge in [0, 0.05) is 19.1 Å². The van der Waals surface area contributed by atoms with E-state index in [1.807, 2.05) is 0 Å². The van der Waals surface area contributed by atoms with Crippen LogP contribution in [-0.4, -0.2) is 36.5 Å². The second-order valence-electron chi connectivity index (χ2n) is 9.53. The van der Waals surface area contributed by atoms with Crippen LogP contribution in [0, 0.1) is 29.1 Å². The Morgan fingerprint density at radius 1 is 0.917 bits per heavy atom. The number of nitrogens with zero attached hydrogens (tertiary/aromatic N) is 1. The normalized spacial score (nSPS) is 44.6. The molecule has 4 saturated carbocycles. The third kappa shape index (κ3) is 2.80. The molecule has 2 aliphatic heterocycles. The van der Waals surface area contributed by atoms with Crippen LogP contribution in [-0.2, 0) is 4.79 Å². The SMILES string of the molecule is Cl.O=C(N1CCC(C2CCCN2)CC1)C12CC3CC(CC(C3)C1)C2. The number of carbonyl (C=O) groups is 1. The minimum absolute atomic E-state index is 0. The fourth-order valence-corrected chi connectivity index (χ4v) is 7.33. The second kappa shape index (κ2) is 6.46. The molecule has 3 nitrogen and oxygen atoms in total. The minimum Gasteiger partial charge on any atom is -0.342 e. The van der Waals surface area contributed by atoms with E-state index in [1.54, 1.807) is 0 Å². The molecule has 4 bridgehead atoms. The first-order chi connectivity index (χ1) is 11.2. The average Bonchev–Trinajstić information content (AvgIpc) is 3.07. The zero-order valence-electron chi connectivity index (χ0n) is 14.8. The Hall–Kier alpha value is -0.280. The quantitative estimate of drug-likeness (QED) is 0.823. The van der Waals surface area contributed by atoms with Crippen molar-refractivity contribution in [2.45, 2.75) is 70.3 Å². The Morgan fingerprint density at radius 3 is 2.00 bits per heavy atom. The second-order valence-corrected chi connectivity index (χ2v) is 9.53. The molecule has 1 atom stereocenters. The summed E-state index contributed by atoms with van der Waals surface area (Å²) in [5.74, 6) is 4.02. The number of piperidine rings is 1. The smallest absolute Gasteiger partial charge is 0.228 e. The van der Waals surface area contributed by atoms with Crippen LogP contribution in [0.3, 0.4) is 0 Å². The van der Waals surface area contributed by atoms with Crippen LogP contribution in [0.2, 0.25) is 0 Å². The zero-order chi connectivity index (χ0) is 15.4. The van der Waals surface area contributed by atoms with E-state index in [2.05, 4.69) is 10.2 Å². The maximum atomic E-state index is 13.4. The maximum absolute atomic E-state index is 13.4. The van der Waals surface area contributed by atoms with Gasteiger partial charge >= 0.3 is 0 Å². The van der Waals surface area contributed by atoms with Gasteiger partial charge in [0.15, 0.2) is 0 Å². The van der Waals surface area contributed by atoms with E-state index in [-0.39, 0.29) is 17.8 Å². The summed E-state index contributed by atoms with van der Waals surface area (Å²) in [5.41, 5.74) is 0.0766. The number of rotatable bonds is 2. The standard InChI is InChI=1S/C20H32N2O.ClH/c23-19(20-11-14-8-15(12-20)10-16(9-14)13-20)22-6-3-17(4-7-22)18-2-1-5-21-18;/h14-18,21H,1-13H2;1H. The fourth-order valence-electron chi connectivity index (χ4n) is 7.33. The molecule has 4 heteroatoms. The van der Waals surface area contributed by atoms with E-state index in [9.17, 15) is 4.79 Å². The van der Waals surface area contributed by atoms with Crippen molar-refractivity contribution >= 4 is 18.3 Å². The van der Waals surface area contributed by atoms with Crippen LogP contribution in [0.1, 0.15) is 64.2 Å². The van der Waals surface area contributed by atoms with Crippen LogP contribution in [0.25, 0.3) is 0 Å². The van der Waals surface area contributed by atoms with Gasteiger partial charge in [-0.2, -0.15) is 0 Å². The predicted octanol–water partition coefficient (Wildman–Crippen LogP) is 3.62. The van der Waals surface area contributed by atoms with Gasteiger partial charge in [-0.05, 0) is 94.4 Å². The van der Waals surface area contributed by atoms with E-state index >= 15 is 0 Å². The molecule has 0 aromatic carbocycles. The Kier molecular flexibility index (Phi) is 4.62. The predicted molar refractivity (Wildman–Crippen MR) is 98.2 cm³/mol. The highest BCUT2D eigenvalue weighted by molar-refractivity contribution is 5.85. The molecule has 0 aromatic rings. The van der Waals surface area contributed by atoms with Crippen molar-refractivity contribution in [3.8, 4) is 0 Å². The summed E-state index contributed by atoms with van der Waals surface area (Å²) < 4.78 is 0. The first-order valence-electron chi connectivity index (χ1n) is 10.2. The molecule has 2 saturated heterocycles. The van der Waals surface area contributed by atoms with Gasteiger partial charge in [0.2, 0.25) is 5.91 Å². The lowest BCUT2D eigenvalue weighted by molar-refractivity contribution is -0.159. The summed E-state index contributed by atoms with van der Waals surface area (Å²) in [6, 6.07) is 0.742. The molecule has 6 rings (SSSR count). The third-order valence-electron chi connectivity index (χ3n) is 7.99. The number of hydrogen-bond acceptors (Lipinski definition) is 2. The zero-order valence-corrected chi connectivity index (χ0v) is 15.7. The number of carbonyl (C=O) groups excluding carboxylic acids is 1. The molecule has 1 amide bonds. The van der Waals surface area contributed by atoms with Crippen LogP contribution < -0.4 is 5.32 Å². The summed E-state index contributed by atoms with van der Waals surface area (Å²) in [6.45, 7) is 3.27. The van der Waals surface area contributed by atoms with Crippen molar-refractivity contribution in [3.63, 3.8) is 0 Å². The highest BCUT2D eigenvalue weighted by Crippen LogP contribution is 2.60. The Morgan fingerprint density at radius 2 is 1.50 bits per heavy atom. The largest absolute Gasteiger partial charge is 0.342 e. The Balaban J connectivity index is 0.00000146. The van der Waals surface area contributed by atoms with E-state index in [0.29, 0.717) is 5.91 Å². The molecule has 6 fully saturated rings. The van der Waals surface area contributed by atoms with Gasteiger partial charge in [-0.25, -0.2) is 0 Å². The van der Waals surface area contributed by atoms with Crippen molar-refractivity contribution in [2.75, 3.05) is 19.6 Å². The van der Waals surface area contributed by atoms with E-state index in [0.717, 1.165) is 42.8 Å². The molecule has 1 N–H and O–H groups in total. The molecule has 24 heavy (non-hydrogen) atoms. The summed E-state index contributed by atoms with van der Waals surface area (Å²) in [5, 5.41) is 3.68. The lowest BCUT2D eigenvalue weighted by atomic mass is 9.49. The average molecular weight is 353 g/mol. The highest BCUT2D eigenvalue weighted by Gasteiger charge is 2.55. The van der Waals surface area contributed by atoms with Gasteiger partial charge in [0.1, 0.15) is 0 Å². The minimum atomic E-state index is 0. The van der Waals surface area contributed by atoms with Gasteiger partial charge in [-0.1, -0.05) is 0 Å². The molecule has 0 aromatic heterocycles. The molecule has 1 unspecified atom stereocenters. The summed E-state index contributed by atoms with van der Waals surface area (Å²) >= 11 is 0. The van der Waals surface area contributed by atoms with Gasteiger partial charge in [-0.15, -0.1) is 12.4 Å². The highest BCUT2D eigenvalue weighted by atomic mass is 35.5. The number of halogens is 1. The molecular formula is C20H33ClN2O. The summed E-state index contributed by atoms with van der Waals surface area (Å²) in [7, 11) is 0. The molecule has 136 valence electrons. The van der Waals surface area contributed by atoms with E-state index in [1.165, 1.54) is 70.8 Å². The molecule has 4 aliphatic carbocycles. The van der Waals surface area contributed by atoms with Gasteiger partial charge < -0.3 is 10.2 Å². The van der Waals surface area contributed by atoms with Crippen LogP contribution in [0.15, 0.2) is 0 Å². The van der Waals surface area contributed by atoms with Crippen LogP contribution in [0.5, 0.6) is 0 Å². The number of hydrogen-bond donors (Lipinski definition) is 1. The number of likely N-dealkylation sites (tertiary alicyclic amines) is 1. The summed E-state index contributed by atoms with van der Waals surface area (Å²) in [4.78, 5) is 15.7. The third-order valence-corrected chi connectivity index (χ3v) is 7.99. The van der Waals surface area contributed by atoms with Crippen molar-refractivity contribution in [1.82, 2.24) is 10.2 Å². The molecule has 6 aliphatic rings. The van der Waals surface area contributed by atoms with Gasteiger partial charge in [0.05, 0.1) is 5.41 Å². The molecule has 2 heterocycles. The van der Waals surface area contributed by atoms with Crippen molar-refractivity contribution in [2.24, 2.45) is 29.1 Å². The van der Waals surface area contributed by atoms with Crippen LogP contribution in [0.4, 0.5) is 0 Å². The van der Waals surface area contributed by atoms with Crippen LogP contribution >= 0.6 is 12.4 Å². The Bertz CT molecular complexity index is 445. The van der Waals surface area contributed by atoms with Gasteiger partial charge in [0.25, 0.3) is 0 Å². The summed E-state index contributed by atoms with van der Waals surface area (Å²) in [6.07, 6.45) is 13.1. The lowest BCUT2D eigenvalue weighted by Crippen LogP contribution is -2.56. The van der Waals surface area contributed by atoms with E-state index in [4.69, 9.17) is 0 Å². The number of amides is 1. The van der Waals surface area contributed by atoms with Crippen molar-refractivity contribution in [1.29, 1.82) is 0 Å². The van der Waals surface area contributed by atoms with Gasteiger partial charge in [-0.3, -0.25) is 4.79 Å². The first-order valence-corrected chi connectivity index (χ1v) is 10.2. The number of nitrogens with one attached hydrogen (secondary N) is 1. The lowest BCUT2D eigenvalue weighted by Gasteiger charge is -2.57. The van der Waals surface area contributed by atoms with Crippen molar-refractivity contribution < 1.29 is 4.79 Å². The monoisotopic (exact) mass is 352 g/mol. The first kappa shape index (κ1) is 17.1. The molecule has 0 radical (unpaired) electrons. The molecular weight excluding hydrogens is 320 g/mol. The fraction of sp³-hybridized carbons (Fsp3) is 0.950. The van der Waals surface area contributed by atoms with E-state index < -0.39 is 0 Å². The topological polar surface area (TPSA) is 32.3 Å². The maximum Gasteiger partial charge on any atom is 0.228 e. The molecule has 0 spiro atoms.